The van der Waals surface area contributed by atoms with Crippen molar-refractivity contribution in [2.24, 2.45) is 5.10 Å². The van der Waals surface area contributed by atoms with E-state index in [-0.39, 0.29) is 12.2 Å². The highest BCUT2D eigenvalue weighted by Crippen LogP contribution is 2.32. The predicted octanol–water partition coefficient (Wildman–Crippen LogP) is 4.77. The second-order valence-electron chi connectivity index (χ2n) is 6.70. The van der Waals surface area contributed by atoms with Gasteiger partial charge in [0.25, 0.3) is 0 Å². The maximum atomic E-state index is 13.2. The molecule has 0 bridgehead atoms. The summed E-state index contributed by atoms with van der Waals surface area (Å²) in [7, 11) is -4.48. The van der Waals surface area contributed by atoms with Gasteiger partial charge in [-0.25, -0.2) is 5.43 Å². The zero-order chi connectivity index (χ0) is 24.1. The van der Waals surface area contributed by atoms with Crippen LogP contribution in [0.25, 0.3) is 0 Å². The molecule has 0 atom stereocenters. The molecule has 1 N–H and O–H groups in total. The average molecular weight is 588 g/mol. The minimum Gasteiger partial charge on any atom is -0.379 e. The Kier molecular flexibility index (Phi) is 7.74. The first-order valence-corrected chi connectivity index (χ1v) is 11.8. The highest BCUT2D eigenvalue weighted by Gasteiger charge is 2.32. The van der Waals surface area contributed by atoms with E-state index in [2.05, 4.69) is 33.1 Å². The van der Waals surface area contributed by atoms with E-state index in [4.69, 9.17) is 4.18 Å². The van der Waals surface area contributed by atoms with Crippen LogP contribution in [0.4, 0.5) is 13.2 Å². The Morgan fingerprint density at radius 1 is 1.03 bits per heavy atom. The molecule has 33 heavy (non-hydrogen) atoms. The number of carbonyl (C=O) groups excluding carboxylic acids is 1. The summed E-state index contributed by atoms with van der Waals surface area (Å²) in [5.41, 5.74) is 1.43. The van der Waals surface area contributed by atoms with E-state index in [0.717, 1.165) is 15.9 Å². The molecule has 0 aromatic heterocycles. The summed E-state index contributed by atoms with van der Waals surface area (Å²) in [6.07, 6.45) is -3.89. The first-order chi connectivity index (χ1) is 15.5. The summed E-state index contributed by atoms with van der Waals surface area (Å²) in [5, 5.41) is 3.65. The summed E-state index contributed by atoms with van der Waals surface area (Å²) >= 11 is 2.12. The molecule has 0 aliphatic heterocycles. The maximum absolute atomic E-state index is 13.2. The number of nitrogens with one attached hydrogen (secondary N) is 1. The fourth-order valence-electron chi connectivity index (χ4n) is 2.70. The Morgan fingerprint density at radius 3 is 2.33 bits per heavy atom. The van der Waals surface area contributed by atoms with Gasteiger partial charge in [-0.3, -0.25) is 4.79 Å². The molecule has 0 heterocycles. The van der Waals surface area contributed by atoms with Crippen LogP contribution in [-0.2, 0) is 27.5 Å². The van der Waals surface area contributed by atoms with Crippen LogP contribution >= 0.6 is 22.6 Å². The van der Waals surface area contributed by atoms with Crippen molar-refractivity contribution in [2.45, 2.75) is 17.5 Å². The summed E-state index contributed by atoms with van der Waals surface area (Å²) < 4.78 is 70.9. The Morgan fingerprint density at radius 2 is 1.70 bits per heavy atom. The van der Waals surface area contributed by atoms with Crippen LogP contribution < -0.4 is 9.61 Å². The van der Waals surface area contributed by atoms with Gasteiger partial charge in [-0.15, -0.1) is 0 Å². The van der Waals surface area contributed by atoms with Crippen LogP contribution in [0.5, 0.6) is 5.75 Å². The second-order valence-corrected chi connectivity index (χ2v) is 9.46. The second kappa shape index (κ2) is 10.3. The summed E-state index contributed by atoms with van der Waals surface area (Å²) in [6.45, 7) is 0. The Labute approximate surface area is 201 Å². The third-order valence-corrected chi connectivity index (χ3v) is 6.27. The summed E-state index contributed by atoms with van der Waals surface area (Å²) in [5.74, 6) is -0.532. The molecule has 0 aliphatic rings. The number of rotatable bonds is 7. The molecule has 0 aliphatic carbocycles. The molecule has 6 nitrogen and oxygen atoms in total. The third kappa shape index (κ3) is 7.02. The van der Waals surface area contributed by atoms with Crippen molar-refractivity contribution in [1.29, 1.82) is 0 Å². The Balaban J connectivity index is 1.85. The molecule has 0 saturated heterocycles. The van der Waals surface area contributed by atoms with Gasteiger partial charge in [-0.05, 0) is 70.6 Å². The highest BCUT2D eigenvalue weighted by atomic mass is 127. The number of alkyl halides is 3. The molecule has 3 aromatic rings. The van der Waals surface area contributed by atoms with E-state index in [9.17, 15) is 26.4 Å². The molecule has 3 aromatic carbocycles. The van der Waals surface area contributed by atoms with Gasteiger partial charge in [0.1, 0.15) is 10.6 Å². The molecule has 0 fully saturated rings. The highest BCUT2D eigenvalue weighted by molar-refractivity contribution is 14.1. The fraction of sp³-hybridized carbons (Fsp3) is 0.0909. The van der Waals surface area contributed by atoms with Crippen molar-refractivity contribution >= 4 is 44.8 Å². The number of amides is 1. The molecule has 1 amide bonds. The lowest BCUT2D eigenvalue weighted by Crippen LogP contribution is -2.20. The standard InChI is InChI=1S/C22H16F3IN2O4S/c23-22(24,25)17-8-11-20(33(30,31)32-19-4-2-1-3-5-19)16(13-17)14-27-28-21(29)12-15-6-9-18(26)10-7-15/h1-11,13-14H,12H2,(H,28,29)/b27-14+. The number of halogens is 4. The monoisotopic (exact) mass is 588 g/mol. The first-order valence-electron chi connectivity index (χ1n) is 9.32. The number of nitrogens with zero attached hydrogens (tertiary/aromatic N) is 1. The van der Waals surface area contributed by atoms with E-state index in [1.807, 2.05) is 12.1 Å². The van der Waals surface area contributed by atoms with E-state index in [0.29, 0.717) is 17.7 Å². The molecule has 0 spiro atoms. The van der Waals surface area contributed by atoms with E-state index in [1.165, 1.54) is 12.1 Å². The van der Waals surface area contributed by atoms with Gasteiger partial charge < -0.3 is 4.18 Å². The van der Waals surface area contributed by atoms with Gasteiger partial charge >= 0.3 is 16.3 Å². The summed E-state index contributed by atoms with van der Waals surface area (Å²) in [6, 6.07) is 16.7. The van der Waals surface area contributed by atoms with Crippen LogP contribution in [-0.4, -0.2) is 20.5 Å². The maximum Gasteiger partial charge on any atom is 0.416 e. The molecule has 0 radical (unpaired) electrons. The molecule has 11 heteroatoms. The van der Waals surface area contributed by atoms with E-state index < -0.39 is 38.2 Å². The van der Waals surface area contributed by atoms with E-state index in [1.54, 1.807) is 30.3 Å². The van der Waals surface area contributed by atoms with Crippen molar-refractivity contribution < 1.29 is 30.6 Å². The van der Waals surface area contributed by atoms with Crippen molar-refractivity contribution in [3.8, 4) is 5.75 Å². The van der Waals surface area contributed by atoms with Crippen LogP contribution in [0.2, 0.25) is 0 Å². The SMILES string of the molecule is O=C(Cc1ccc(I)cc1)N/N=C/c1cc(C(F)(F)F)ccc1S(=O)(=O)Oc1ccccc1. The molecular formula is C22H16F3IN2O4S. The first kappa shape index (κ1) is 24.7. The predicted molar refractivity (Wildman–Crippen MR) is 124 cm³/mol. The molecule has 0 saturated carbocycles. The van der Waals surface area contributed by atoms with Gasteiger partial charge in [0, 0.05) is 9.13 Å². The molecule has 0 unspecified atom stereocenters. The Bertz CT molecular complexity index is 1260. The van der Waals surface area contributed by atoms with Gasteiger partial charge in [0.15, 0.2) is 0 Å². The van der Waals surface area contributed by atoms with Crippen molar-refractivity contribution in [3.05, 3.63) is 93.1 Å². The lowest BCUT2D eigenvalue weighted by Gasteiger charge is -2.12. The minimum absolute atomic E-state index is 0.00823. The van der Waals surface area contributed by atoms with Crippen LogP contribution in [0, 0.1) is 3.57 Å². The average Bonchev–Trinajstić information content (AvgIpc) is 2.75. The van der Waals surface area contributed by atoms with Crippen LogP contribution in [0.15, 0.2) is 82.8 Å². The van der Waals surface area contributed by atoms with Crippen molar-refractivity contribution in [3.63, 3.8) is 0 Å². The lowest BCUT2D eigenvalue weighted by atomic mass is 10.1. The topological polar surface area (TPSA) is 84.8 Å². The number of hydrazone groups is 1. The quantitative estimate of drug-likeness (QED) is 0.187. The number of hydrogen-bond donors (Lipinski definition) is 1. The number of benzene rings is 3. The van der Waals surface area contributed by atoms with Crippen LogP contribution in [0.3, 0.4) is 0 Å². The molecule has 172 valence electrons. The lowest BCUT2D eigenvalue weighted by molar-refractivity contribution is -0.137. The van der Waals surface area contributed by atoms with Crippen molar-refractivity contribution in [2.75, 3.05) is 0 Å². The number of para-hydroxylation sites is 1. The number of carbonyl (C=O) groups is 1. The summed E-state index contributed by atoms with van der Waals surface area (Å²) in [4.78, 5) is 11.6. The molecule has 3 rings (SSSR count). The van der Waals surface area contributed by atoms with Crippen LogP contribution in [0.1, 0.15) is 16.7 Å². The number of hydrogen-bond acceptors (Lipinski definition) is 5. The molecular weight excluding hydrogens is 572 g/mol. The van der Waals surface area contributed by atoms with Gasteiger partial charge in [-0.1, -0.05) is 30.3 Å². The zero-order valence-corrected chi connectivity index (χ0v) is 19.7. The Hall–Kier alpha value is -2.93. The minimum atomic E-state index is -4.71. The fourth-order valence-corrected chi connectivity index (χ4v) is 4.15. The van der Waals surface area contributed by atoms with Gasteiger partial charge in [-0.2, -0.15) is 26.7 Å². The van der Waals surface area contributed by atoms with Crippen molar-refractivity contribution in [1.82, 2.24) is 5.43 Å². The normalized spacial score (nSPS) is 12.0. The van der Waals surface area contributed by atoms with Gasteiger partial charge in [0.05, 0.1) is 18.2 Å². The zero-order valence-electron chi connectivity index (χ0n) is 16.7. The smallest absolute Gasteiger partial charge is 0.379 e. The third-order valence-electron chi connectivity index (χ3n) is 4.23. The largest absolute Gasteiger partial charge is 0.416 e. The van der Waals surface area contributed by atoms with Gasteiger partial charge in [0.2, 0.25) is 5.91 Å². The van der Waals surface area contributed by atoms with E-state index >= 15 is 0 Å².